The van der Waals surface area contributed by atoms with Crippen LogP contribution >= 0.6 is 0 Å². The lowest BCUT2D eigenvalue weighted by Gasteiger charge is -2.23. The second-order valence-corrected chi connectivity index (χ2v) is 25.3. The van der Waals surface area contributed by atoms with E-state index in [0.717, 1.165) is 61.6 Å². The number of H-pyrrole nitrogens is 6. The Balaban J connectivity index is 0.000000152. The van der Waals surface area contributed by atoms with E-state index < -0.39 is 0 Å². The summed E-state index contributed by atoms with van der Waals surface area (Å²) in [4.78, 5) is 28.4. The zero-order valence-corrected chi connectivity index (χ0v) is 49.0. The highest BCUT2D eigenvalue weighted by Crippen LogP contribution is 2.37. The first-order chi connectivity index (χ1) is 34.7. The molecule has 6 N–H and O–H groups in total. The molecule has 0 atom stereocenters. The minimum atomic E-state index is -0.138. The molecule has 13 heteroatoms. The van der Waals surface area contributed by atoms with Crippen LogP contribution in [0, 0.1) is 41.5 Å². The summed E-state index contributed by atoms with van der Waals surface area (Å²) in [6.07, 6.45) is 1.00. The Kier molecular flexibility index (Phi) is 16.3. The standard InChI is InChI=1S/C14H20N2.C13H17NO.2C12H16N2O.C11H15N3/c1-6-10-12-11(16-15-10)8-7-9(2)13(12)14(3,4)5;1-8-6-7-10-9(2)14-15-12(10)11(8)13(3,4)5;1-7-5-6-8-10(14-11(15)13-8)9(7)12(2,3)4;1-7-5-6-8-10(13-14-11(8)15)9(7)12(2,3)4;1-7-5-6-8-10(13-14-12-8)9(7)11(2,3)4/h7-8H,6H2,1-5H3,(H,15,16);6-7H,1-5H3;2*5-6H,1-4H3,(H2,13,14,15);5-6H,1-4H3,(H,12,13,14). The molecule has 0 saturated heterocycles. The quantitative estimate of drug-likeness (QED) is 0.0941. The predicted molar refractivity (Wildman–Crippen MR) is 313 cm³/mol. The number of aryl methyl sites for hydroxylation is 7. The molecule has 0 saturated carbocycles. The molecule has 400 valence electrons. The number of aromatic amines is 6. The number of fused-ring (bicyclic) bond motifs is 5. The molecule has 0 fully saturated rings. The highest BCUT2D eigenvalue weighted by Gasteiger charge is 2.26. The molecule has 5 heterocycles. The molecular formula is C62H84N10O3. The zero-order valence-electron chi connectivity index (χ0n) is 49.0. The summed E-state index contributed by atoms with van der Waals surface area (Å²) in [5.41, 5.74) is 21.9. The van der Waals surface area contributed by atoms with E-state index in [1.54, 1.807) is 0 Å². The Labute approximate surface area is 442 Å². The van der Waals surface area contributed by atoms with Crippen molar-refractivity contribution in [2.24, 2.45) is 0 Å². The minimum absolute atomic E-state index is 0.0364. The zero-order chi connectivity index (χ0) is 55.9. The van der Waals surface area contributed by atoms with Crippen molar-refractivity contribution in [1.82, 2.24) is 50.9 Å². The smallest absolute Gasteiger partial charge is 0.323 e. The summed E-state index contributed by atoms with van der Waals surface area (Å²) in [6.45, 7) is 47.6. The molecule has 0 aliphatic rings. The third-order valence-corrected chi connectivity index (χ3v) is 13.7. The average molecular weight is 1020 g/mol. The van der Waals surface area contributed by atoms with Crippen LogP contribution in [0.5, 0.6) is 0 Å². The van der Waals surface area contributed by atoms with Crippen LogP contribution in [0.3, 0.4) is 0 Å². The highest BCUT2D eigenvalue weighted by molar-refractivity contribution is 5.88. The van der Waals surface area contributed by atoms with Gasteiger partial charge in [-0.1, -0.05) is 146 Å². The summed E-state index contributed by atoms with van der Waals surface area (Å²) in [5, 5.41) is 31.4. The second kappa shape index (κ2) is 21.3. The maximum atomic E-state index is 11.5. The van der Waals surface area contributed by atoms with Crippen molar-refractivity contribution in [2.45, 2.75) is 186 Å². The van der Waals surface area contributed by atoms with E-state index in [4.69, 9.17) is 4.52 Å². The predicted octanol–water partition coefficient (Wildman–Crippen LogP) is 15.0. The summed E-state index contributed by atoms with van der Waals surface area (Å²) < 4.78 is 5.44. The number of rotatable bonds is 1. The molecular weight excluding hydrogens is 933 g/mol. The van der Waals surface area contributed by atoms with E-state index in [-0.39, 0.29) is 38.3 Å². The lowest BCUT2D eigenvalue weighted by Crippen LogP contribution is -2.14. The van der Waals surface area contributed by atoms with Gasteiger partial charge in [-0.05, 0) is 155 Å². The Morgan fingerprint density at radius 3 is 1.52 bits per heavy atom. The molecule has 75 heavy (non-hydrogen) atoms. The van der Waals surface area contributed by atoms with E-state index in [2.05, 4.69) is 227 Å². The molecule has 5 aromatic carbocycles. The van der Waals surface area contributed by atoms with Crippen molar-refractivity contribution in [3.8, 4) is 0 Å². The van der Waals surface area contributed by atoms with Crippen LogP contribution in [0.25, 0.3) is 54.8 Å². The second-order valence-electron chi connectivity index (χ2n) is 25.3. The van der Waals surface area contributed by atoms with Crippen LogP contribution in [0.1, 0.15) is 178 Å². The number of hydrogen-bond donors (Lipinski definition) is 6. The molecule has 0 unspecified atom stereocenters. The average Bonchev–Trinajstić information content (AvgIpc) is 4.13. The maximum Gasteiger partial charge on any atom is 0.323 e. The van der Waals surface area contributed by atoms with E-state index in [1.165, 1.54) is 66.7 Å². The van der Waals surface area contributed by atoms with Gasteiger partial charge in [0.1, 0.15) is 11.0 Å². The Morgan fingerprint density at radius 2 is 0.960 bits per heavy atom. The third-order valence-electron chi connectivity index (χ3n) is 13.7. The van der Waals surface area contributed by atoms with E-state index in [9.17, 15) is 9.59 Å². The van der Waals surface area contributed by atoms with Crippen molar-refractivity contribution in [3.63, 3.8) is 0 Å². The fourth-order valence-electron chi connectivity index (χ4n) is 11.0. The van der Waals surface area contributed by atoms with Gasteiger partial charge in [-0.15, -0.1) is 0 Å². The van der Waals surface area contributed by atoms with Crippen LogP contribution < -0.4 is 11.2 Å². The van der Waals surface area contributed by atoms with Gasteiger partial charge in [0.15, 0.2) is 5.58 Å². The SMILES string of the molecule is CCc1[nH]nc2ccc(C)c(C(C)(C)C)c12.Cc1ccc2[nH]c(=O)[nH]c2c1C(C)(C)C.Cc1ccc2c(=O)[nH][nH]c2c1C(C)(C)C.Cc1ccc2c(C)noc2c1C(C)(C)C.Cc1ccc2n[nH]nc2c1C(C)(C)C. The van der Waals surface area contributed by atoms with Crippen LogP contribution in [0.15, 0.2) is 74.8 Å². The largest absolute Gasteiger partial charge is 0.356 e. The van der Waals surface area contributed by atoms with E-state index >= 15 is 0 Å². The van der Waals surface area contributed by atoms with Gasteiger partial charge in [-0.25, -0.2) is 4.79 Å². The molecule has 0 bridgehead atoms. The summed E-state index contributed by atoms with van der Waals surface area (Å²) >= 11 is 0. The van der Waals surface area contributed by atoms with Crippen LogP contribution in [-0.4, -0.2) is 50.9 Å². The fraction of sp³-hybridized carbons (Fsp3) is 0.452. The first-order valence-corrected chi connectivity index (χ1v) is 26.2. The van der Waals surface area contributed by atoms with Crippen molar-refractivity contribution in [1.29, 1.82) is 0 Å². The number of nitrogens with one attached hydrogen (secondary N) is 6. The van der Waals surface area contributed by atoms with Crippen LogP contribution in [-0.2, 0) is 33.5 Å². The molecule has 0 aliphatic heterocycles. The monoisotopic (exact) mass is 1020 g/mol. The normalized spacial score (nSPS) is 12.3. The fourth-order valence-corrected chi connectivity index (χ4v) is 11.0. The summed E-state index contributed by atoms with van der Waals surface area (Å²) in [7, 11) is 0. The molecule has 0 spiro atoms. The maximum absolute atomic E-state index is 11.5. The highest BCUT2D eigenvalue weighted by atomic mass is 16.5. The number of hydrogen-bond acceptors (Lipinski definition) is 7. The van der Waals surface area contributed by atoms with E-state index in [0.29, 0.717) is 0 Å². The minimum Gasteiger partial charge on any atom is -0.356 e. The molecule has 0 amide bonds. The lowest BCUT2D eigenvalue weighted by atomic mass is 9.81. The van der Waals surface area contributed by atoms with Crippen molar-refractivity contribution in [2.75, 3.05) is 0 Å². The number of nitrogens with zero attached hydrogens (tertiary/aromatic N) is 4. The molecule has 13 nitrogen and oxygen atoms in total. The van der Waals surface area contributed by atoms with Gasteiger partial charge < -0.3 is 14.5 Å². The topological polar surface area (TPSA) is 194 Å². The van der Waals surface area contributed by atoms with Gasteiger partial charge in [0.2, 0.25) is 0 Å². The Bertz CT molecular complexity index is 3710. The third kappa shape index (κ3) is 12.4. The first-order valence-electron chi connectivity index (χ1n) is 26.2. The molecule has 10 aromatic rings. The van der Waals surface area contributed by atoms with Gasteiger partial charge in [0.05, 0.1) is 33.1 Å². The van der Waals surface area contributed by atoms with E-state index in [1.807, 2.05) is 37.3 Å². The lowest BCUT2D eigenvalue weighted by molar-refractivity contribution is 0.440. The van der Waals surface area contributed by atoms with Gasteiger partial charge in [-0.3, -0.25) is 20.1 Å². The molecule has 5 aromatic heterocycles. The van der Waals surface area contributed by atoms with Gasteiger partial charge in [0, 0.05) is 22.0 Å². The number of aromatic nitrogens is 10. The van der Waals surface area contributed by atoms with Gasteiger partial charge >= 0.3 is 5.69 Å². The molecule has 0 aliphatic carbocycles. The Morgan fingerprint density at radius 1 is 0.480 bits per heavy atom. The van der Waals surface area contributed by atoms with Gasteiger partial charge in [0.25, 0.3) is 5.56 Å². The first kappa shape index (κ1) is 57.3. The summed E-state index contributed by atoms with van der Waals surface area (Å²) in [5.74, 6) is 0. The van der Waals surface area contributed by atoms with Crippen molar-refractivity contribution >= 4 is 54.8 Å². The van der Waals surface area contributed by atoms with Crippen molar-refractivity contribution in [3.05, 3.63) is 149 Å². The number of benzene rings is 5. The molecule has 10 rings (SSSR count). The van der Waals surface area contributed by atoms with Gasteiger partial charge in [-0.2, -0.15) is 20.5 Å². The van der Waals surface area contributed by atoms with Crippen molar-refractivity contribution < 1.29 is 4.52 Å². The Hall–Kier alpha value is -7.02. The van der Waals surface area contributed by atoms with Crippen LogP contribution in [0.4, 0.5) is 0 Å². The van der Waals surface area contributed by atoms with Crippen LogP contribution in [0.2, 0.25) is 0 Å². The number of imidazole rings is 1. The summed E-state index contributed by atoms with van der Waals surface area (Å²) in [6, 6.07) is 20.5. The molecule has 0 radical (unpaired) electrons.